The van der Waals surface area contributed by atoms with Crippen molar-refractivity contribution >= 4 is 11.7 Å². The van der Waals surface area contributed by atoms with Gasteiger partial charge in [0, 0.05) is 32.8 Å². The number of nitriles is 1. The predicted molar refractivity (Wildman–Crippen MR) is 72.8 cm³/mol. The highest BCUT2D eigenvalue weighted by Crippen LogP contribution is 2.24. The second-order valence-corrected chi connectivity index (χ2v) is 4.92. The van der Waals surface area contributed by atoms with Gasteiger partial charge in [0.2, 0.25) is 5.91 Å². The maximum Gasteiger partial charge on any atom is 0.223 e. The van der Waals surface area contributed by atoms with E-state index < -0.39 is 0 Å². The van der Waals surface area contributed by atoms with Gasteiger partial charge in [-0.25, -0.2) is 4.98 Å². The van der Waals surface area contributed by atoms with Gasteiger partial charge in [0.25, 0.3) is 0 Å². The average Bonchev–Trinajstić information content (AvgIpc) is 2.84. The summed E-state index contributed by atoms with van der Waals surface area (Å²) in [6.07, 6.45) is 3.50. The normalized spacial score (nSPS) is 12.7. The molecule has 0 radical (unpaired) electrons. The summed E-state index contributed by atoms with van der Waals surface area (Å²) in [6.45, 7) is 0.498. The van der Waals surface area contributed by atoms with Gasteiger partial charge < -0.3 is 10.2 Å². The lowest BCUT2D eigenvalue weighted by molar-refractivity contribution is -0.128. The van der Waals surface area contributed by atoms with Crippen LogP contribution in [0.4, 0.5) is 5.82 Å². The fourth-order valence-electron chi connectivity index (χ4n) is 2.20. The Morgan fingerprint density at radius 2 is 2.32 bits per heavy atom. The van der Waals surface area contributed by atoms with E-state index in [1.54, 1.807) is 19.0 Å². The van der Waals surface area contributed by atoms with Crippen molar-refractivity contribution in [3.63, 3.8) is 0 Å². The van der Waals surface area contributed by atoms with Crippen molar-refractivity contribution in [3.05, 3.63) is 22.9 Å². The van der Waals surface area contributed by atoms with E-state index in [0.29, 0.717) is 24.3 Å². The molecule has 1 amide bonds. The molecule has 100 valence electrons. The molecule has 1 aliphatic rings. The minimum atomic E-state index is 0.0622. The number of nitrogens with one attached hydrogen (secondary N) is 1. The highest BCUT2D eigenvalue weighted by atomic mass is 16.2. The van der Waals surface area contributed by atoms with Crippen molar-refractivity contribution in [1.29, 1.82) is 5.26 Å². The van der Waals surface area contributed by atoms with Crippen LogP contribution in [0.3, 0.4) is 0 Å². The van der Waals surface area contributed by atoms with Crippen LogP contribution in [0.2, 0.25) is 0 Å². The van der Waals surface area contributed by atoms with Crippen molar-refractivity contribution in [3.8, 4) is 6.07 Å². The van der Waals surface area contributed by atoms with Gasteiger partial charge in [-0.3, -0.25) is 4.79 Å². The Morgan fingerprint density at radius 3 is 3.00 bits per heavy atom. The number of carbonyl (C=O) groups is 1. The molecule has 1 aliphatic carbocycles. The zero-order valence-electron chi connectivity index (χ0n) is 11.4. The van der Waals surface area contributed by atoms with E-state index >= 15 is 0 Å². The summed E-state index contributed by atoms with van der Waals surface area (Å²) in [7, 11) is 3.47. The van der Waals surface area contributed by atoms with Crippen LogP contribution in [-0.2, 0) is 17.6 Å². The summed E-state index contributed by atoms with van der Waals surface area (Å²) < 4.78 is 0. The first-order valence-electron chi connectivity index (χ1n) is 6.48. The molecule has 19 heavy (non-hydrogen) atoms. The van der Waals surface area contributed by atoms with E-state index in [9.17, 15) is 4.79 Å². The fourth-order valence-corrected chi connectivity index (χ4v) is 2.20. The van der Waals surface area contributed by atoms with Crippen LogP contribution < -0.4 is 5.32 Å². The molecule has 0 unspecified atom stereocenters. The number of hydrogen-bond donors (Lipinski definition) is 1. The van der Waals surface area contributed by atoms with Gasteiger partial charge in [0.05, 0.1) is 5.56 Å². The fraction of sp³-hybridized carbons (Fsp3) is 0.500. The van der Waals surface area contributed by atoms with Crippen molar-refractivity contribution in [2.24, 2.45) is 0 Å². The first kappa shape index (κ1) is 13.3. The summed E-state index contributed by atoms with van der Waals surface area (Å²) in [5.74, 6) is 0.668. The topological polar surface area (TPSA) is 69.0 Å². The highest BCUT2D eigenvalue weighted by Gasteiger charge is 2.16. The molecule has 0 atom stereocenters. The van der Waals surface area contributed by atoms with Crippen LogP contribution in [0.15, 0.2) is 6.07 Å². The van der Waals surface area contributed by atoms with Gasteiger partial charge in [-0.2, -0.15) is 5.26 Å². The number of fused-ring (bicyclic) bond motifs is 1. The molecular formula is C14H18N4O. The van der Waals surface area contributed by atoms with Crippen LogP contribution in [0.1, 0.15) is 29.7 Å². The first-order valence-corrected chi connectivity index (χ1v) is 6.48. The molecular weight excluding hydrogens is 240 g/mol. The third-order valence-electron chi connectivity index (χ3n) is 3.30. The van der Waals surface area contributed by atoms with Gasteiger partial charge in [-0.1, -0.05) is 0 Å². The Balaban J connectivity index is 2.04. The monoisotopic (exact) mass is 258 g/mol. The number of pyridine rings is 1. The summed E-state index contributed by atoms with van der Waals surface area (Å²) in [4.78, 5) is 17.5. The number of nitrogens with zero attached hydrogens (tertiary/aromatic N) is 3. The number of anilines is 1. The molecule has 0 saturated carbocycles. The lowest BCUT2D eigenvalue weighted by atomic mass is 10.1. The Hall–Kier alpha value is -2.09. The maximum atomic E-state index is 11.5. The molecule has 0 aliphatic heterocycles. The largest absolute Gasteiger partial charge is 0.368 e. The molecule has 1 heterocycles. The van der Waals surface area contributed by atoms with E-state index in [4.69, 9.17) is 5.26 Å². The SMILES string of the molecule is CN(C)C(=O)CCNc1nc2c(cc1C#N)CCC2. The second kappa shape index (κ2) is 5.70. The summed E-state index contributed by atoms with van der Waals surface area (Å²) in [5.41, 5.74) is 2.84. The van der Waals surface area contributed by atoms with Crippen LogP contribution in [0.5, 0.6) is 0 Å². The van der Waals surface area contributed by atoms with Crippen LogP contribution in [0.25, 0.3) is 0 Å². The highest BCUT2D eigenvalue weighted by molar-refractivity contribution is 5.76. The van der Waals surface area contributed by atoms with Gasteiger partial charge in [0.1, 0.15) is 11.9 Å². The number of rotatable bonds is 4. The zero-order chi connectivity index (χ0) is 13.8. The van der Waals surface area contributed by atoms with E-state index in [-0.39, 0.29) is 5.91 Å². The number of aromatic nitrogens is 1. The number of carbonyl (C=O) groups excluding carboxylic acids is 1. The minimum absolute atomic E-state index is 0.0622. The van der Waals surface area contributed by atoms with Crippen LogP contribution in [0, 0.1) is 11.3 Å². The minimum Gasteiger partial charge on any atom is -0.368 e. The first-order chi connectivity index (χ1) is 9.11. The Labute approximate surface area is 113 Å². The van der Waals surface area contributed by atoms with Gasteiger partial charge in [-0.15, -0.1) is 0 Å². The average molecular weight is 258 g/mol. The third kappa shape index (κ3) is 3.02. The Morgan fingerprint density at radius 1 is 1.53 bits per heavy atom. The van der Waals surface area contributed by atoms with Crippen LogP contribution in [-0.4, -0.2) is 36.4 Å². The number of aryl methyl sites for hydroxylation is 2. The molecule has 2 rings (SSSR count). The number of amides is 1. The summed E-state index contributed by atoms with van der Waals surface area (Å²) >= 11 is 0. The van der Waals surface area contributed by atoms with Gasteiger partial charge >= 0.3 is 0 Å². The van der Waals surface area contributed by atoms with Gasteiger partial charge in [0.15, 0.2) is 0 Å². The van der Waals surface area contributed by atoms with E-state index in [2.05, 4.69) is 16.4 Å². The Bertz CT molecular complexity index is 531. The molecule has 0 saturated heterocycles. The van der Waals surface area contributed by atoms with Gasteiger partial charge in [-0.05, 0) is 30.9 Å². The lowest BCUT2D eigenvalue weighted by Crippen LogP contribution is -2.24. The smallest absolute Gasteiger partial charge is 0.223 e. The second-order valence-electron chi connectivity index (χ2n) is 4.92. The quantitative estimate of drug-likeness (QED) is 0.884. The molecule has 0 spiro atoms. The number of hydrogen-bond acceptors (Lipinski definition) is 4. The zero-order valence-corrected chi connectivity index (χ0v) is 11.4. The molecule has 5 nitrogen and oxygen atoms in total. The third-order valence-corrected chi connectivity index (χ3v) is 3.30. The standard InChI is InChI=1S/C14H18N4O/c1-18(2)13(19)6-7-16-14-11(9-15)8-10-4-3-5-12(10)17-14/h8H,3-7H2,1-2H3,(H,16,17). The van der Waals surface area contributed by atoms with E-state index in [1.807, 2.05) is 6.07 Å². The van der Waals surface area contributed by atoms with Crippen molar-refractivity contribution in [2.75, 3.05) is 26.0 Å². The molecule has 1 aromatic rings. The Kier molecular flexibility index (Phi) is 4.00. The maximum absolute atomic E-state index is 11.5. The summed E-state index contributed by atoms with van der Waals surface area (Å²) in [6, 6.07) is 4.09. The molecule has 0 bridgehead atoms. The van der Waals surface area contributed by atoms with Crippen molar-refractivity contribution in [2.45, 2.75) is 25.7 Å². The molecule has 0 aromatic carbocycles. The lowest BCUT2D eigenvalue weighted by Gasteiger charge is -2.12. The molecule has 1 N–H and O–H groups in total. The summed E-state index contributed by atoms with van der Waals surface area (Å²) in [5, 5.41) is 12.2. The predicted octanol–water partition coefficient (Wildman–Crippen LogP) is 1.33. The molecule has 5 heteroatoms. The van der Waals surface area contributed by atoms with Crippen molar-refractivity contribution < 1.29 is 4.79 Å². The van der Waals surface area contributed by atoms with Crippen LogP contribution >= 0.6 is 0 Å². The molecule has 1 aromatic heterocycles. The van der Waals surface area contributed by atoms with E-state index in [1.165, 1.54) is 5.56 Å². The van der Waals surface area contributed by atoms with Crippen molar-refractivity contribution in [1.82, 2.24) is 9.88 Å². The molecule has 0 fully saturated rings. The van der Waals surface area contributed by atoms with E-state index in [0.717, 1.165) is 25.0 Å².